The van der Waals surface area contributed by atoms with Crippen LogP contribution in [0.2, 0.25) is 0 Å². The van der Waals surface area contributed by atoms with E-state index in [0.29, 0.717) is 0 Å². The molecule has 2 aromatic carbocycles. The topological polar surface area (TPSA) is 127 Å². The molecule has 0 saturated heterocycles. The van der Waals surface area contributed by atoms with Crippen molar-refractivity contribution in [2.75, 3.05) is 19.0 Å². The smallest absolute Gasteiger partial charge is 0.407 e. The van der Waals surface area contributed by atoms with Gasteiger partial charge in [0.2, 0.25) is 11.8 Å². The van der Waals surface area contributed by atoms with E-state index in [4.69, 9.17) is 9.47 Å². The van der Waals surface area contributed by atoms with Gasteiger partial charge in [0.1, 0.15) is 18.5 Å². The lowest BCUT2D eigenvalue weighted by atomic mass is 9.98. The third-order valence-electron chi connectivity index (χ3n) is 5.51. The predicted molar refractivity (Wildman–Crippen MR) is 124 cm³/mol. The Morgan fingerprint density at radius 2 is 1.62 bits per heavy atom. The van der Waals surface area contributed by atoms with Gasteiger partial charge in [-0.05, 0) is 28.3 Å². The molecule has 9 nitrogen and oxygen atoms in total. The number of aromatic nitrogens is 1. The minimum absolute atomic E-state index is 0.0404. The molecule has 9 heteroatoms. The lowest BCUT2D eigenvalue weighted by Crippen LogP contribution is -2.45. The number of methoxy groups -OCH3 is 1. The molecule has 4 rings (SSSR count). The summed E-state index contributed by atoms with van der Waals surface area (Å²) in [6, 6.07) is 19.2. The highest BCUT2D eigenvalue weighted by Crippen LogP contribution is 2.44. The SMILES string of the molecule is COc1cccc(NC(=O)C(CC(=O)O)NC(=O)OCC2c3ccccc3-c3ccccc32)n1. The van der Waals surface area contributed by atoms with E-state index in [1.54, 1.807) is 12.1 Å². The van der Waals surface area contributed by atoms with Crippen LogP contribution >= 0.6 is 0 Å². The van der Waals surface area contributed by atoms with Crippen molar-refractivity contribution in [1.29, 1.82) is 0 Å². The number of carbonyl (C=O) groups is 3. The van der Waals surface area contributed by atoms with Crippen LogP contribution in [-0.4, -0.2) is 47.8 Å². The number of hydrogen-bond acceptors (Lipinski definition) is 6. The van der Waals surface area contributed by atoms with Gasteiger partial charge in [0.05, 0.1) is 13.5 Å². The predicted octanol–water partition coefficient (Wildman–Crippen LogP) is 3.41. The number of amides is 2. The zero-order chi connectivity index (χ0) is 24.1. The molecule has 1 atom stereocenters. The van der Waals surface area contributed by atoms with Gasteiger partial charge in [-0.25, -0.2) is 4.79 Å². The number of anilines is 1. The minimum atomic E-state index is -1.36. The number of benzene rings is 2. The largest absolute Gasteiger partial charge is 0.481 e. The molecular formula is C25H23N3O6. The van der Waals surface area contributed by atoms with E-state index < -0.39 is 30.4 Å². The van der Waals surface area contributed by atoms with Crippen molar-refractivity contribution in [2.45, 2.75) is 18.4 Å². The molecule has 1 heterocycles. The number of pyridine rings is 1. The van der Waals surface area contributed by atoms with E-state index >= 15 is 0 Å². The van der Waals surface area contributed by atoms with E-state index in [9.17, 15) is 19.5 Å². The van der Waals surface area contributed by atoms with Crippen LogP contribution in [0.4, 0.5) is 10.6 Å². The first-order valence-corrected chi connectivity index (χ1v) is 10.6. The fourth-order valence-corrected chi connectivity index (χ4v) is 3.98. The van der Waals surface area contributed by atoms with Crippen molar-refractivity contribution >= 4 is 23.8 Å². The molecular weight excluding hydrogens is 438 g/mol. The molecule has 2 amide bonds. The summed E-state index contributed by atoms with van der Waals surface area (Å²) in [6.07, 6.45) is -1.51. The van der Waals surface area contributed by atoms with Gasteiger partial charge in [0.15, 0.2) is 0 Å². The van der Waals surface area contributed by atoms with Crippen LogP contribution in [-0.2, 0) is 14.3 Å². The van der Waals surface area contributed by atoms with Crippen LogP contribution < -0.4 is 15.4 Å². The van der Waals surface area contributed by atoms with Gasteiger partial charge >= 0.3 is 12.1 Å². The molecule has 1 aliphatic carbocycles. The number of aliphatic carboxylic acids is 1. The molecule has 1 unspecified atom stereocenters. The van der Waals surface area contributed by atoms with E-state index in [1.165, 1.54) is 13.2 Å². The zero-order valence-electron chi connectivity index (χ0n) is 18.4. The number of rotatable bonds is 8. The lowest BCUT2D eigenvalue weighted by Gasteiger charge is -2.18. The van der Waals surface area contributed by atoms with E-state index in [1.807, 2.05) is 48.5 Å². The van der Waals surface area contributed by atoms with E-state index in [0.717, 1.165) is 22.3 Å². The lowest BCUT2D eigenvalue weighted by molar-refractivity contribution is -0.139. The first-order valence-electron chi connectivity index (χ1n) is 10.6. The first-order chi connectivity index (χ1) is 16.5. The van der Waals surface area contributed by atoms with Crippen LogP contribution in [0.15, 0.2) is 66.7 Å². The number of carboxylic acid groups (broad SMARTS) is 1. The Morgan fingerprint density at radius 1 is 0.971 bits per heavy atom. The second-order valence-electron chi connectivity index (χ2n) is 7.67. The number of fused-ring (bicyclic) bond motifs is 3. The van der Waals surface area contributed by atoms with Gasteiger partial charge in [-0.15, -0.1) is 0 Å². The molecule has 3 aromatic rings. The average Bonchev–Trinajstić information content (AvgIpc) is 3.16. The van der Waals surface area contributed by atoms with Crippen molar-refractivity contribution in [1.82, 2.24) is 10.3 Å². The molecule has 0 bridgehead atoms. The number of nitrogens with zero attached hydrogens (tertiary/aromatic N) is 1. The second kappa shape index (κ2) is 10.0. The molecule has 0 saturated carbocycles. The van der Waals surface area contributed by atoms with Gasteiger partial charge in [0.25, 0.3) is 0 Å². The molecule has 0 spiro atoms. The molecule has 3 N–H and O–H groups in total. The number of nitrogens with one attached hydrogen (secondary N) is 2. The Morgan fingerprint density at radius 3 is 2.24 bits per heavy atom. The van der Waals surface area contributed by atoms with Crippen LogP contribution in [0.3, 0.4) is 0 Å². The first kappa shape index (κ1) is 22.8. The Hall–Kier alpha value is -4.40. The fraction of sp³-hybridized carbons (Fsp3) is 0.200. The number of carboxylic acids is 1. The number of ether oxygens (including phenoxy) is 2. The van der Waals surface area contributed by atoms with Crippen molar-refractivity contribution in [3.63, 3.8) is 0 Å². The number of hydrogen-bond donors (Lipinski definition) is 3. The summed E-state index contributed by atoms with van der Waals surface area (Å²) < 4.78 is 10.4. The van der Waals surface area contributed by atoms with Crippen LogP contribution in [0, 0.1) is 0 Å². The third kappa shape index (κ3) is 4.98. The zero-order valence-corrected chi connectivity index (χ0v) is 18.4. The highest BCUT2D eigenvalue weighted by atomic mass is 16.5. The molecule has 34 heavy (non-hydrogen) atoms. The van der Waals surface area contributed by atoms with E-state index in [-0.39, 0.29) is 24.2 Å². The summed E-state index contributed by atoms with van der Waals surface area (Å²) in [5, 5.41) is 14.1. The van der Waals surface area contributed by atoms with Crippen molar-refractivity contribution in [3.8, 4) is 17.0 Å². The molecule has 1 aliphatic rings. The number of alkyl carbamates (subject to hydrolysis) is 1. The van der Waals surface area contributed by atoms with Gasteiger partial charge in [0, 0.05) is 12.0 Å². The molecule has 0 aliphatic heterocycles. The fourth-order valence-electron chi connectivity index (χ4n) is 3.98. The summed E-state index contributed by atoms with van der Waals surface area (Å²) >= 11 is 0. The number of carbonyl (C=O) groups excluding carboxylic acids is 2. The summed E-state index contributed by atoms with van der Waals surface area (Å²) in [5.74, 6) is -1.72. The third-order valence-corrected chi connectivity index (χ3v) is 5.51. The van der Waals surface area contributed by atoms with Crippen molar-refractivity contribution in [2.24, 2.45) is 0 Å². The Kier molecular flexibility index (Phi) is 6.72. The maximum absolute atomic E-state index is 12.6. The Balaban J connectivity index is 1.42. The normalized spacial score (nSPS) is 12.7. The molecule has 0 fully saturated rings. The maximum atomic E-state index is 12.6. The monoisotopic (exact) mass is 461 g/mol. The molecule has 174 valence electrons. The van der Waals surface area contributed by atoms with Gasteiger partial charge in [-0.2, -0.15) is 4.98 Å². The summed E-state index contributed by atoms with van der Waals surface area (Å²) in [7, 11) is 1.43. The highest BCUT2D eigenvalue weighted by molar-refractivity contribution is 5.98. The quantitative estimate of drug-likeness (QED) is 0.469. The van der Waals surface area contributed by atoms with Crippen LogP contribution in [0.25, 0.3) is 11.1 Å². The average molecular weight is 461 g/mol. The summed E-state index contributed by atoms with van der Waals surface area (Å²) in [5.41, 5.74) is 4.25. The van der Waals surface area contributed by atoms with Crippen LogP contribution in [0.1, 0.15) is 23.5 Å². The molecule has 1 aromatic heterocycles. The summed E-state index contributed by atoms with van der Waals surface area (Å²) in [4.78, 5) is 40.5. The Bertz CT molecular complexity index is 1180. The highest BCUT2D eigenvalue weighted by Gasteiger charge is 2.30. The van der Waals surface area contributed by atoms with Crippen molar-refractivity contribution in [3.05, 3.63) is 77.9 Å². The molecule has 0 radical (unpaired) electrons. The van der Waals surface area contributed by atoms with Gasteiger partial charge in [-0.3, -0.25) is 9.59 Å². The van der Waals surface area contributed by atoms with Crippen molar-refractivity contribution < 1.29 is 29.0 Å². The standard InChI is InChI=1S/C25H23N3O6/c1-33-22-12-6-11-21(27-22)28-24(31)20(13-23(29)30)26-25(32)34-14-19-17-9-4-2-7-15(17)16-8-3-5-10-18(16)19/h2-12,19-20H,13-14H2,1H3,(H,26,32)(H,29,30)(H,27,28,31). The summed E-state index contributed by atoms with van der Waals surface area (Å²) in [6.45, 7) is 0.0404. The van der Waals surface area contributed by atoms with E-state index in [2.05, 4.69) is 15.6 Å². The second-order valence-corrected chi connectivity index (χ2v) is 7.67. The van der Waals surface area contributed by atoms with Crippen LogP contribution in [0.5, 0.6) is 5.88 Å². The Labute approximate surface area is 195 Å². The maximum Gasteiger partial charge on any atom is 0.407 e. The minimum Gasteiger partial charge on any atom is -0.481 e. The van der Waals surface area contributed by atoms with Gasteiger partial charge < -0.3 is 25.2 Å². The van der Waals surface area contributed by atoms with Gasteiger partial charge in [-0.1, -0.05) is 54.6 Å².